The molecule has 0 aliphatic rings. The summed E-state index contributed by atoms with van der Waals surface area (Å²) in [6.07, 6.45) is 0. The molecular formula is C17H10ClN3O4S. The Bertz CT molecular complexity index is 1130. The van der Waals surface area contributed by atoms with Crippen LogP contribution in [0.2, 0.25) is 5.02 Å². The van der Waals surface area contributed by atoms with Crippen molar-refractivity contribution in [2.45, 2.75) is 9.92 Å². The number of nitro benzene ring substituents is 1. The number of sulfone groups is 1. The Kier molecular flexibility index (Phi) is 4.50. The van der Waals surface area contributed by atoms with Gasteiger partial charge in [0.2, 0.25) is 9.84 Å². The number of aromatic nitrogens is 1. The van der Waals surface area contributed by atoms with Crippen molar-refractivity contribution >= 4 is 27.1 Å². The molecule has 0 atom stereocenters. The van der Waals surface area contributed by atoms with E-state index in [2.05, 4.69) is 4.98 Å². The molecule has 1 heterocycles. The topological polar surface area (TPSA) is 117 Å². The maximum atomic E-state index is 12.8. The van der Waals surface area contributed by atoms with Gasteiger partial charge in [0.1, 0.15) is 11.1 Å². The number of nitro groups is 1. The van der Waals surface area contributed by atoms with Crippen molar-refractivity contribution in [2.24, 2.45) is 0 Å². The van der Waals surface area contributed by atoms with Crippen LogP contribution in [0.25, 0.3) is 11.3 Å². The van der Waals surface area contributed by atoms with Gasteiger partial charge in [-0.2, -0.15) is 5.26 Å². The molecule has 3 rings (SSSR count). The molecule has 0 aliphatic carbocycles. The van der Waals surface area contributed by atoms with E-state index in [9.17, 15) is 23.8 Å². The lowest BCUT2D eigenvalue weighted by Crippen LogP contribution is -2.02. The molecule has 0 unspecified atom stereocenters. The zero-order valence-electron chi connectivity index (χ0n) is 13.0. The number of nitriles is 1. The van der Waals surface area contributed by atoms with Gasteiger partial charge in [-0.05, 0) is 35.9 Å². The second-order valence-corrected chi connectivity index (χ2v) is 7.65. The van der Waals surface area contributed by atoms with Gasteiger partial charge in [-0.25, -0.2) is 8.42 Å². The number of benzene rings is 2. The first-order chi connectivity index (χ1) is 12.3. The van der Waals surface area contributed by atoms with Crippen molar-refractivity contribution in [3.05, 3.63) is 75.3 Å². The predicted octanol–water partition coefficient (Wildman–Crippen LogP) is 3.95. The van der Waals surface area contributed by atoms with Crippen molar-refractivity contribution in [3.63, 3.8) is 0 Å². The minimum Gasteiger partial charge on any atom is -0.344 e. The van der Waals surface area contributed by atoms with E-state index in [-0.39, 0.29) is 21.2 Å². The Labute approximate surface area is 153 Å². The van der Waals surface area contributed by atoms with Crippen LogP contribution in [0.4, 0.5) is 5.69 Å². The minimum atomic E-state index is -3.96. The number of hydrogen-bond acceptors (Lipinski definition) is 5. The largest absolute Gasteiger partial charge is 0.344 e. The molecule has 0 spiro atoms. The molecule has 0 saturated carbocycles. The molecule has 0 aliphatic heterocycles. The number of nitrogens with zero attached hydrogens (tertiary/aromatic N) is 2. The summed E-state index contributed by atoms with van der Waals surface area (Å²) in [7, 11) is -3.96. The highest BCUT2D eigenvalue weighted by atomic mass is 35.5. The highest BCUT2D eigenvalue weighted by Crippen LogP contribution is 2.29. The predicted molar refractivity (Wildman–Crippen MR) is 94.5 cm³/mol. The normalized spacial score (nSPS) is 11.1. The quantitative estimate of drug-likeness (QED) is 0.537. The van der Waals surface area contributed by atoms with E-state index in [0.29, 0.717) is 16.3 Å². The summed E-state index contributed by atoms with van der Waals surface area (Å²) in [4.78, 5) is 12.7. The van der Waals surface area contributed by atoms with Gasteiger partial charge >= 0.3 is 0 Å². The summed E-state index contributed by atoms with van der Waals surface area (Å²) in [6, 6.07) is 14.3. The van der Waals surface area contributed by atoms with E-state index >= 15 is 0 Å². The molecule has 0 bridgehead atoms. The number of halogens is 1. The van der Waals surface area contributed by atoms with Crippen LogP contribution in [0, 0.1) is 21.4 Å². The van der Waals surface area contributed by atoms with Gasteiger partial charge < -0.3 is 4.98 Å². The molecule has 3 aromatic rings. The Morgan fingerprint density at radius 1 is 1.08 bits per heavy atom. The van der Waals surface area contributed by atoms with Crippen molar-refractivity contribution < 1.29 is 13.3 Å². The van der Waals surface area contributed by atoms with Crippen LogP contribution in [0.15, 0.2) is 64.5 Å². The molecule has 9 heteroatoms. The van der Waals surface area contributed by atoms with Crippen molar-refractivity contribution in [1.82, 2.24) is 4.98 Å². The van der Waals surface area contributed by atoms with Crippen molar-refractivity contribution in [1.29, 1.82) is 5.26 Å². The third kappa shape index (κ3) is 3.18. The lowest BCUT2D eigenvalue weighted by atomic mass is 10.1. The van der Waals surface area contributed by atoms with E-state index in [1.54, 1.807) is 24.3 Å². The van der Waals surface area contributed by atoms with Crippen LogP contribution in [0.3, 0.4) is 0 Å². The molecule has 1 N–H and O–H groups in total. The maximum absolute atomic E-state index is 12.8. The fourth-order valence-corrected chi connectivity index (χ4v) is 3.76. The van der Waals surface area contributed by atoms with Crippen LogP contribution in [0.1, 0.15) is 5.56 Å². The van der Waals surface area contributed by atoms with Gasteiger partial charge in [0.25, 0.3) is 5.69 Å². The Morgan fingerprint density at radius 2 is 1.69 bits per heavy atom. The zero-order chi connectivity index (χ0) is 18.9. The third-order valence-electron chi connectivity index (χ3n) is 3.69. The highest BCUT2D eigenvalue weighted by Gasteiger charge is 2.23. The van der Waals surface area contributed by atoms with Gasteiger partial charge in [0, 0.05) is 17.2 Å². The Balaban J connectivity index is 2.07. The standard InChI is InChI=1S/C17H10ClN3O4S/c18-13-3-1-11(2-4-13)17-12(10-19)9-16(20-17)26(24,25)15-7-5-14(6-8-15)21(22)23/h1-9,20H. The second-order valence-electron chi connectivity index (χ2n) is 5.30. The van der Waals surface area contributed by atoms with Crippen LogP contribution in [0.5, 0.6) is 0 Å². The second kappa shape index (κ2) is 6.63. The molecule has 2 aromatic carbocycles. The summed E-state index contributed by atoms with van der Waals surface area (Å²) >= 11 is 5.85. The molecule has 0 radical (unpaired) electrons. The SMILES string of the molecule is N#Cc1cc(S(=O)(=O)c2ccc([N+](=O)[O-])cc2)[nH]c1-c1ccc(Cl)cc1. The first-order valence-corrected chi connectivity index (χ1v) is 9.07. The fraction of sp³-hybridized carbons (Fsp3) is 0. The molecule has 7 nitrogen and oxygen atoms in total. The molecule has 0 fully saturated rings. The molecule has 0 amide bonds. The molecular weight excluding hydrogens is 378 g/mol. The van der Waals surface area contributed by atoms with E-state index in [1.807, 2.05) is 6.07 Å². The average Bonchev–Trinajstić information content (AvgIpc) is 3.07. The maximum Gasteiger partial charge on any atom is 0.269 e. The fourth-order valence-electron chi connectivity index (χ4n) is 2.38. The molecule has 26 heavy (non-hydrogen) atoms. The average molecular weight is 388 g/mol. The van der Waals surface area contributed by atoms with Gasteiger partial charge in [-0.15, -0.1) is 0 Å². The van der Waals surface area contributed by atoms with Gasteiger partial charge in [-0.1, -0.05) is 23.7 Å². The van der Waals surface area contributed by atoms with E-state index < -0.39 is 14.8 Å². The van der Waals surface area contributed by atoms with Crippen LogP contribution >= 0.6 is 11.6 Å². The van der Waals surface area contributed by atoms with Crippen LogP contribution in [-0.4, -0.2) is 18.3 Å². The van der Waals surface area contributed by atoms with E-state index in [1.165, 1.54) is 6.07 Å². The monoisotopic (exact) mass is 387 g/mol. The number of rotatable bonds is 4. The summed E-state index contributed by atoms with van der Waals surface area (Å²) in [6.45, 7) is 0. The first kappa shape index (κ1) is 17.7. The van der Waals surface area contributed by atoms with Gasteiger partial charge in [0.05, 0.1) is 21.1 Å². The lowest BCUT2D eigenvalue weighted by Gasteiger charge is -2.03. The minimum absolute atomic E-state index is 0.114. The molecule has 0 saturated heterocycles. The molecule has 130 valence electrons. The molecule has 1 aromatic heterocycles. The first-order valence-electron chi connectivity index (χ1n) is 7.21. The number of non-ortho nitro benzene ring substituents is 1. The lowest BCUT2D eigenvalue weighted by molar-refractivity contribution is -0.384. The summed E-state index contributed by atoms with van der Waals surface area (Å²) in [5, 5.41) is 20.4. The Hall–Kier alpha value is -3.15. The number of nitrogens with one attached hydrogen (secondary N) is 1. The van der Waals surface area contributed by atoms with Crippen LogP contribution < -0.4 is 0 Å². The smallest absolute Gasteiger partial charge is 0.269 e. The third-order valence-corrected chi connectivity index (χ3v) is 5.64. The van der Waals surface area contributed by atoms with Gasteiger partial charge in [0.15, 0.2) is 0 Å². The number of aromatic amines is 1. The summed E-state index contributed by atoms with van der Waals surface area (Å²) in [5.41, 5.74) is 0.906. The van der Waals surface area contributed by atoms with E-state index in [4.69, 9.17) is 11.6 Å². The highest BCUT2D eigenvalue weighted by molar-refractivity contribution is 7.91. The zero-order valence-corrected chi connectivity index (χ0v) is 14.6. The van der Waals surface area contributed by atoms with Crippen LogP contribution in [-0.2, 0) is 9.84 Å². The number of hydrogen-bond donors (Lipinski definition) is 1. The van der Waals surface area contributed by atoms with E-state index in [0.717, 1.165) is 24.3 Å². The number of H-pyrrole nitrogens is 1. The summed E-state index contributed by atoms with van der Waals surface area (Å²) in [5.74, 6) is 0. The summed E-state index contributed by atoms with van der Waals surface area (Å²) < 4.78 is 25.5. The van der Waals surface area contributed by atoms with Gasteiger partial charge in [-0.3, -0.25) is 10.1 Å². The Morgan fingerprint density at radius 3 is 2.23 bits per heavy atom. The van der Waals surface area contributed by atoms with Crippen molar-refractivity contribution in [2.75, 3.05) is 0 Å². The van der Waals surface area contributed by atoms with Crippen molar-refractivity contribution in [3.8, 4) is 17.3 Å².